The topological polar surface area (TPSA) is 13.7 Å². The first-order valence-corrected chi connectivity index (χ1v) is 7.85. The van der Waals surface area contributed by atoms with Gasteiger partial charge in [0.1, 0.15) is 13.1 Å². The van der Waals surface area contributed by atoms with Crippen molar-refractivity contribution in [2.24, 2.45) is 0 Å². The van der Waals surface area contributed by atoms with Crippen LogP contribution in [0.1, 0.15) is 64.7 Å². The van der Waals surface area contributed by atoms with E-state index in [0.29, 0.717) is 0 Å². The second-order valence-electron chi connectivity index (χ2n) is 5.44. The molecule has 0 aromatic rings. The number of hydrogen-bond donors (Lipinski definition) is 1. The molecular formula is C15H32NO+. The molecule has 1 rings (SSSR count). The van der Waals surface area contributed by atoms with E-state index in [9.17, 15) is 0 Å². The van der Waals surface area contributed by atoms with Gasteiger partial charge in [-0.3, -0.25) is 0 Å². The van der Waals surface area contributed by atoms with Gasteiger partial charge in [-0.2, -0.15) is 0 Å². The lowest BCUT2D eigenvalue weighted by atomic mass is 10.1. The molecule has 1 N–H and O–H groups in total. The van der Waals surface area contributed by atoms with Crippen molar-refractivity contribution in [1.82, 2.24) is 0 Å². The maximum Gasteiger partial charge on any atom is 0.101 e. The van der Waals surface area contributed by atoms with Crippen molar-refractivity contribution < 1.29 is 9.64 Å². The zero-order valence-electron chi connectivity index (χ0n) is 11.8. The molecule has 0 bridgehead atoms. The van der Waals surface area contributed by atoms with Crippen molar-refractivity contribution in [2.45, 2.75) is 64.7 Å². The summed E-state index contributed by atoms with van der Waals surface area (Å²) in [6, 6.07) is 0. The lowest BCUT2D eigenvalue weighted by Gasteiger charge is -2.23. The minimum Gasteiger partial charge on any atom is -0.370 e. The molecule has 2 nitrogen and oxygen atoms in total. The molecule has 0 aliphatic carbocycles. The highest BCUT2D eigenvalue weighted by Gasteiger charge is 2.12. The Labute approximate surface area is 108 Å². The molecule has 0 saturated carbocycles. The lowest BCUT2D eigenvalue weighted by molar-refractivity contribution is -0.908. The van der Waals surface area contributed by atoms with Gasteiger partial charge in [-0.1, -0.05) is 51.9 Å². The van der Waals surface area contributed by atoms with Crippen LogP contribution in [0.2, 0.25) is 0 Å². The van der Waals surface area contributed by atoms with Gasteiger partial charge in [-0.25, -0.2) is 0 Å². The Kier molecular flexibility index (Phi) is 9.72. The van der Waals surface area contributed by atoms with Crippen LogP contribution in [0, 0.1) is 0 Å². The number of unbranched alkanes of at least 4 members (excludes halogenated alkanes) is 8. The molecule has 0 radical (unpaired) electrons. The van der Waals surface area contributed by atoms with Crippen LogP contribution in [-0.4, -0.2) is 32.8 Å². The fourth-order valence-electron chi connectivity index (χ4n) is 2.60. The Morgan fingerprint density at radius 3 is 1.88 bits per heavy atom. The van der Waals surface area contributed by atoms with Crippen molar-refractivity contribution in [2.75, 3.05) is 32.8 Å². The van der Waals surface area contributed by atoms with Gasteiger partial charge in [0.2, 0.25) is 0 Å². The van der Waals surface area contributed by atoms with E-state index in [1.165, 1.54) is 77.4 Å². The maximum atomic E-state index is 5.37. The summed E-state index contributed by atoms with van der Waals surface area (Å²) in [5.41, 5.74) is 0. The molecule has 1 aliphatic rings. The molecule has 0 atom stereocenters. The first-order valence-electron chi connectivity index (χ1n) is 7.85. The average molecular weight is 242 g/mol. The molecule has 1 aliphatic heterocycles. The molecule has 1 fully saturated rings. The van der Waals surface area contributed by atoms with Crippen LogP contribution in [0.3, 0.4) is 0 Å². The molecule has 1 saturated heterocycles. The molecule has 0 amide bonds. The minimum absolute atomic E-state index is 0.979. The van der Waals surface area contributed by atoms with Gasteiger partial charge < -0.3 is 9.64 Å². The van der Waals surface area contributed by atoms with E-state index >= 15 is 0 Å². The second kappa shape index (κ2) is 11.0. The van der Waals surface area contributed by atoms with Gasteiger partial charge in [0.15, 0.2) is 0 Å². The van der Waals surface area contributed by atoms with Crippen molar-refractivity contribution in [3.63, 3.8) is 0 Å². The summed E-state index contributed by atoms with van der Waals surface area (Å²) in [6.07, 6.45) is 12.9. The Morgan fingerprint density at radius 1 is 0.765 bits per heavy atom. The number of morpholine rings is 1. The number of rotatable bonds is 10. The molecule has 17 heavy (non-hydrogen) atoms. The summed E-state index contributed by atoms with van der Waals surface area (Å²) in [6.45, 7) is 8.08. The molecule has 0 aromatic heterocycles. The number of hydrogen-bond acceptors (Lipinski definition) is 1. The van der Waals surface area contributed by atoms with Gasteiger partial charge in [0.05, 0.1) is 19.8 Å². The fourth-order valence-corrected chi connectivity index (χ4v) is 2.60. The van der Waals surface area contributed by atoms with Crippen LogP contribution in [0.15, 0.2) is 0 Å². The second-order valence-corrected chi connectivity index (χ2v) is 5.44. The van der Waals surface area contributed by atoms with Gasteiger partial charge in [-0.15, -0.1) is 0 Å². The Morgan fingerprint density at radius 2 is 1.29 bits per heavy atom. The third-order valence-electron chi connectivity index (χ3n) is 3.83. The molecule has 0 aromatic carbocycles. The van der Waals surface area contributed by atoms with Gasteiger partial charge in [0, 0.05) is 0 Å². The van der Waals surface area contributed by atoms with Gasteiger partial charge >= 0.3 is 0 Å². The zero-order chi connectivity index (χ0) is 12.2. The molecule has 2 heteroatoms. The number of ether oxygens (including phenoxy) is 1. The van der Waals surface area contributed by atoms with Crippen LogP contribution in [0.4, 0.5) is 0 Å². The van der Waals surface area contributed by atoms with E-state index in [1.54, 1.807) is 4.90 Å². The fraction of sp³-hybridized carbons (Fsp3) is 1.00. The lowest BCUT2D eigenvalue weighted by Crippen LogP contribution is -3.14. The molecule has 102 valence electrons. The van der Waals surface area contributed by atoms with Crippen molar-refractivity contribution in [3.8, 4) is 0 Å². The first-order chi connectivity index (χ1) is 8.43. The van der Waals surface area contributed by atoms with E-state index in [4.69, 9.17) is 4.74 Å². The van der Waals surface area contributed by atoms with Crippen molar-refractivity contribution >= 4 is 0 Å². The SMILES string of the molecule is CCCCCCCCCCC[NH+]1CCOCC1. The van der Waals surface area contributed by atoms with Gasteiger partial charge in [-0.05, 0) is 12.8 Å². The van der Waals surface area contributed by atoms with E-state index in [1.807, 2.05) is 0 Å². The molecule has 0 spiro atoms. The summed E-state index contributed by atoms with van der Waals surface area (Å²) in [7, 11) is 0. The largest absolute Gasteiger partial charge is 0.370 e. The Balaban J connectivity index is 1.75. The van der Waals surface area contributed by atoms with Gasteiger partial charge in [0.25, 0.3) is 0 Å². The first kappa shape index (κ1) is 15.0. The van der Waals surface area contributed by atoms with Crippen molar-refractivity contribution in [1.29, 1.82) is 0 Å². The van der Waals surface area contributed by atoms with E-state index < -0.39 is 0 Å². The maximum absolute atomic E-state index is 5.37. The molecule has 0 unspecified atom stereocenters. The quantitative estimate of drug-likeness (QED) is 0.581. The monoisotopic (exact) mass is 242 g/mol. The predicted octanol–water partition coefficient (Wildman–Crippen LogP) is 2.43. The highest BCUT2D eigenvalue weighted by atomic mass is 16.5. The minimum atomic E-state index is 0.979. The van der Waals surface area contributed by atoms with Crippen LogP contribution in [0.5, 0.6) is 0 Å². The normalized spacial score (nSPS) is 17.5. The highest BCUT2D eigenvalue weighted by Crippen LogP contribution is 2.08. The van der Waals surface area contributed by atoms with Crippen LogP contribution < -0.4 is 4.90 Å². The van der Waals surface area contributed by atoms with Crippen LogP contribution >= 0.6 is 0 Å². The van der Waals surface area contributed by atoms with Crippen LogP contribution in [-0.2, 0) is 4.74 Å². The summed E-state index contributed by atoms with van der Waals surface area (Å²) >= 11 is 0. The standard InChI is InChI=1S/C15H31NO/c1-2-3-4-5-6-7-8-9-10-11-16-12-14-17-15-13-16/h2-15H2,1H3/p+1. The van der Waals surface area contributed by atoms with Crippen LogP contribution in [0.25, 0.3) is 0 Å². The number of nitrogens with one attached hydrogen (secondary N) is 1. The number of quaternary nitrogens is 1. The Bertz CT molecular complexity index is 155. The van der Waals surface area contributed by atoms with Crippen molar-refractivity contribution in [3.05, 3.63) is 0 Å². The highest BCUT2D eigenvalue weighted by molar-refractivity contribution is 4.47. The zero-order valence-corrected chi connectivity index (χ0v) is 11.8. The summed E-state index contributed by atoms with van der Waals surface area (Å²) in [5.74, 6) is 0. The van der Waals surface area contributed by atoms with E-state index in [2.05, 4.69) is 6.92 Å². The van der Waals surface area contributed by atoms with E-state index in [-0.39, 0.29) is 0 Å². The summed E-state index contributed by atoms with van der Waals surface area (Å²) in [5, 5.41) is 0. The van der Waals surface area contributed by atoms with E-state index in [0.717, 1.165) is 13.2 Å². The third kappa shape index (κ3) is 8.62. The summed E-state index contributed by atoms with van der Waals surface area (Å²) in [4.78, 5) is 1.76. The predicted molar refractivity (Wildman–Crippen MR) is 73.6 cm³/mol. The molecule has 1 heterocycles. The Hall–Kier alpha value is -0.0800. The summed E-state index contributed by atoms with van der Waals surface area (Å²) < 4.78 is 5.37. The molecular weight excluding hydrogens is 210 g/mol. The average Bonchev–Trinajstić information content (AvgIpc) is 2.38. The smallest absolute Gasteiger partial charge is 0.101 e. The third-order valence-corrected chi connectivity index (χ3v) is 3.83.